The van der Waals surface area contributed by atoms with E-state index in [2.05, 4.69) is 16.4 Å². The molecule has 0 saturated carbocycles. The van der Waals surface area contributed by atoms with Gasteiger partial charge in [0.25, 0.3) is 0 Å². The van der Waals surface area contributed by atoms with E-state index in [9.17, 15) is 4.79 Å². The molecule has 0 fully saturated rings. The van der Waals surface area contributed by atoms with Gasteiger partial charge >= 0.3 is 0 Å². The number of nitriles is 1. The van der Waals surface area contributed by atoms with E-state index < -0.39 is 0 Å². The molecule has 4 heteroatoms. The van der Waals surface area contributed by atoms with E-state index in [0.717, 1.165) is 30.2 Å². The van der Waals surface area contributed by atoms with Gasteiger partial charge in [-0.25, -0.2) is 0 Å². The van der Waals surface area contributed by atoms with E-state index in [-0.39, 0.29) is 17.9 Å². The molecule has 2 N–H and O–H groups in total. The van der Waals surface area contributed by atoms with Crippen LogP contribution < -0.4 is 5.32 Å². The number of carbonyl (C=O) groups excluding carboxylic acids is 1. The minimum absolute atomic E-state index is 0.0135. The summed E-state index contributed by atoms with van der Waals surface area (Å²) in [6.45, 7) is 3.82. The number of H-pyrrole nitrogens is 1. The Kier molecular flexibility index (Phi) is 3.42. The van der Waals surface area contributed by atoms with Gasteiger partial charge in [0.15, 0.2) is 0 Å². The van der Waals surface area contributed by atoms with Crippen molar-refractivity contribution in [2.75, 3.05) is 0 Å². The highest BCUT2D eigenvalue weighted by molar-refractivity contribution is 5.86. The molecule has 1 heterocycles. The molecule has 0 bridgehead atoms. The van der Waals surface area contributed by atoms with E-state index in [1.807, 2.05) is 32.0 Å². The lowest BCUT2D eigenvalue weighted by Gasteiger charge is -2.24. The molecule has 3 rings (SSSR count). The van der Waals surface area contributed by atoms with E-state index in [0.29, 0.717) is 5.56 Å². The Labute approximate surface area is 124 Å². The first-order valence-electron chi connectivity index (χ1n) is 7.42. The second-order valence-electron chi connectivity index (χ2n) is 6.06. The van der Waals surface area contributed by atoms with Gasteiger partial charge in [-0.2, -0.15) is 5.26 Å². The van der Waals surface area contributed by atoms with Gasteiger partial charge in [-0.1, -0.05) is 13.8 Å². The second-order valence-corrected chi connectivity index (χ2v) is 6.06. The molecule has 2 aromatic rings. The number of rotatable bonds is 2. The van der Waals surface area contributed by atoms with Crippen LogP contribution in [0.15, 0.2) is 18.2 Å². The molecule has 4 nitrogen and oxygen atoms in total. The molecule has 21 heavy (non-hydrogen) atoms. The predicted octanol–water partition coefficient (Wildman–Crippen LogP) is 2.67. The SMILES string of the molecule is CC(C)C(=O)N[C@@H]1CCc2[nH]c3ccc(C#N)cc3c2C1. The lowest BCUT2D eigenvalue weighted by atomic mass is 9.91. The fourth-order valence-corrected chi connectivity index (χ4v) is 2.98. The Morgan fingerprint density at radius 2 is 2.29 bits per heavy atom. The summed E-state index contributed by atoms with van der Waals surface area (Å²) in [4.78, 5) is 15.3. The van der Waals surface area contributed by atoms with Gasteiger partial charge in [-0.15, -0.1) is 0 Å². The van der Waals surface area contributed by atoms with Crippen LogP contribution >= 0.6 is 0 Å². The zero-order valence-corrected chi connectivity index (χ0v) is 12.4. The molecular formula is C17H19N3O. The van der Waals surface area contributed by atoms with Crippen molar-refractivity contribution in [2.45, 2.75) is 39.2 Å². The summed E-state index contributed by atoms with van der Waals surface area (Å²) in [5.41, 5.74) is 4.25. The van der Waals surface area contributed by atoms with Gasteiger partial charge in [-0.3, -0.25) is 4.79 Å². The summed E-state index contributed by atoms with van der Waals surface area (Å²) >= 11 is 0. The number of nitrogens with one attached hydrogen (secondary N) is 2. The van der Waals surface area contributed by atoms with Crippen molar-refractivity contribution in [3.8, 4) is 6.07 Å². The Morgan fingerprint density at radius 3 is 3.00 bits per heavy atom. The molecule has 0 unspecified atom stereocenters. The monoisotopic (exact) mass is 281 g/mol. The third kappa shape index (κ3) is 2.52. The van der Waals surface area contributed by atoms with E-state index >= 15 is 0 Å². The molecule has 1 aromatic heterocycles. The highest BCUT2D eigenvalue weighted by Crippen LogP contribution is 2.30. The molecule has 0 saturated heterocycles. The van der Waals surface area contributed by atoms with Crippen LogP contribution in [0.2, 0.25) is 0 Å². The van der Waals surface area contributed by atoms with Crippen molar-refractivity contribution < 1.29 is 4.79 Å². The highest BCUT2D eigenvalue weighted by atomic mass is 16.1. The summed E-state index contributed by atoms with van der Waals surface area (Å²) in [5, 5.41) is 13.3. The van der Waals surface area contributed by atoms with Crippen molar-refractivity contribution in [3.05, 3.63) is 35.0 Å². The van der Waals surface area contributed by atoms with E-state index in [1.54, 1.807) is 0 Å². The molecule has 1 amide bonds. The number of carbonyl (C=O) groups is 1. The van der Waals surface area contributed by atoms with Crippen LogP contribution in [0.5, 0.6) is 0 Å². The van der Waals surface area contributed by atoms with Crippen LogP contribution in [-0.2, 0) is 17.6 Å². The normalized spacial score (nSPS) is 17.5. The fourth-order valence-electron chi connectivity index (χ4n) is 2.98. The summed E-state index contributed by atoms with van der Waals surface area (Å²) in [5.74, 6) is 0.126. The zero-order valence-electron chi connectivity index (χ0n) is 12.4. The van der Waals surface area contributed by atoms with Crippen molar-refractivity contribution in [2.24, 2.45) is 5.92 Å². The average Bonchev–Trinajstić information content (AvgIpc) is 2.84. The molecule has 1 aliphatic carbocycles. The van der Waals surface area contributed by atoms with Gasteiger partial charge < -0.3 is 10.3 Å². The topological polar surface area (TPSA) is 68.7 Å². The number of hydrogen-bond donors (Lipinski definition) is 2. The van der Waals surface area contributed by atoms with E-state index in [4.69, 9.17) is 5.26 Å². The molecule has 0 radical (unpaired) electrons. The number of fused-ring (bicyclic) bond motifs is 3. The molecule has 108 valence electrons. The third-order valence-corrected chi connectivity index (χ3v) is 4.19. The lowest BCUT2D eigenvalue weighted by molar-refractivity contribution is -0.124. The first kappa shape index (κ1) is 13.7. The summed E-state index contributed by atoms with van der Waals surface area (Å²) in [7, 11) is 0. The maximum Gasteiger partial charge on any atom is 0.222 e. The van der Waals surface area contributed by atoms with Gasteiger partial charge in [0.1, 0.15) is 0 Å². The van der Waals surface area contributed by atoms with Gasteiger partial charge in [-0.05, 0) is 43.0 Å². The van der Waals surface area contributed by atoms with Crippen molar-refractivity contribution in [3.63, 3.8) is 0 Å². The third-order valence-electron chi connectivity index (χ3n) is 4.19. The largest absolute Gasteiger partial charge is 0.358 e. The molecule has 1 aliphatic rings. The van der Waals surface area contributed by atoms with Crippen LogP contribution in [0, 0.1) is 17.2 Å². The van der Waals surface area contributed by atoms with Crippen molar-refractivity contribution in [1.29, 1.82) is 5.26 Å². The minimum Gasteiger partial charge on any atom is -0.358 e. The maximum absolute atomic E-state index is 11.9. The minimum atomic E-state index is 0.0135. The number of nitrogens with zero attached hydrogens (tertiary/aromatic N) is 1. The Hall–Kier alpha value is -2.28. The molecular weight excluding hydrogens is 262 g/mol. The fraction of sp³-hybridized carbons (Fsp3) is 0.412. The standard InChI is InChI=1S/C17H19N3O/c1-10(2)17(21)19-12-4-6-16-14(8-12)13-7-11(9-18)3-5-15(13)20-16/h3,5,7,10,12,20H,4,6,8H2,1-2H3,(H,19,21)/t12-/m1/s1. The van der Waals surface area contributed by atoms with Crippen LogP contribution in [0.4, 0.5) is 0 Å². The zero-order chi connectivity index (χ0) is 15.0. The van der Waals surface area contributed by atoms with Crippen LogP contribution in [-0.4, -0.2) is 16.9 Å². The molecule has 1 atom stereocenters. The average molecular weight is 281 g/mol. The summed E-state index contributed by atoms with van der Waals surface area (Å²) in [6.07, 6.45) is 2.74. The summed E-state index contributed by atoms with van der Waals surface area (Å²) < 4.78 is 0. The second kappa shape index (κ2) is 5.25. The highest BCUT2D eigenvalue weighted by Gasteiger charge is 2.24. The smallest absolute Gasteiger partial charge is 0.222 e. The maximum atomic E-state index is 11.9. The predicted molar refractivity (Wildman–Crippen MR) is 81.8 cm³/mol. The number of hydrogen-bond acceptors (Lipinski definition) is 2. The number of aryl methyl sites for hydroxylation is 1. The number of aromatic nitrogens is 1. The van der Waals surface area contributed by atoms with E-state index in [1.165, 1.54) is 11.3 Å². The Balaban J connectivity index is 1.91. The van der Waals surface area contributed by atoms with Gasteiger partial charge in [0, 0.05) is 28.6 Å². The van der Waals surface area contributed by atoms with Gasteiger partial charge in [0.2, 0.25) is 5.91 Å². The first-order valence-corrected chi connectivity index (χ1v) is 7.42. The van der Waals surface area contributed by atoms with Crippen molar-refractivity contribution in [1.82, 2.24) is 10.3 Å². The van der Waals surface area contributed by atoms with Crippen LogP contribution in [0.25, 0.3) is 10.9 Å². The Bertz CT molecular complexity index is 736. The Morgan fingerprint density at radius 1 is 1.48 bits per heavy atom. The first-order chi connectivity index (χ1) is 10.1. The number of benzene rings is 1. The summed E-state index contributed by atoms with van der Waals surface area (Å²) in [6, 6.07) is 8.13. The molecule has 0 spiro atoms. The number of aromatic amines is 1. The number of amides is 1. The van der Waals surface area contributed by atoms with Crippen molar-refractivity contribution >= 4 is 16.8 Å². The lowest BCUT2D eigenvalue weighted by Crippen LogP contribution is -2.40. The molecule has 1 aromatic carbocycles. The quantitative estimate of drug-likeness (QED) is 0.888. The van der Waals surface area contributed by atoms with Crippen LogP contribution in [0.1, 0.15) is 37.1 Å². The van der Waals surface area contributed by atoms with Crippen LogP contribution in [0.3, 0.4) is 0 Å². The van der Waals surface area contributed by atoms with Gasteiger partial charge in [0.05, 0.1) is 11.6 Å². The molecule has 0 aliphatic heterocycles.